The van der Waals surface area contributed by atoms with Crippen LogP contribution in [0, 0.1) is 0 Å². The lowest BCUT2D eigenvalue weighted by Gasteiger charge is -2.30. The van der Waals surface area contributed by atoms with E-state index in [2.05, 4.69) is 15.3 Å². The molecular weight excluding hydrogens is 371 g/mol. The van der Waals surface area contributed by atoms with Crippen molar-refractivity contribution in [1.82, 2.24) is 14.5 Å². The first-order chi connectivity index (χ1) is 13.4. The molecular formula is C19H16F3N5O. The fourth-order valence-electron chi connectivity index (χ4n) is 3.16. The number of nitrogens with one attached hydrogen (secondary N) is 1. The van der Waals surface area contributed by atoms with Crippen LogP contribution >= 0.6 is 0 Å². The third-order valence-electron chi connectivity index (χ3n) is 4.59. The average Bonchev–Trinajstić information content (AvgIpc) is 3.11. The molecule has 0 saturated carbocycles. The van der Waals surface area contributed by atoms with Gasteiger partial charge in [-0.2, -0.15) is 13.2 Å². The highest BCUT2D eigenvalue weighted by molar-refractivity contribution is 6.05. The summed E-state index contributed by atoms with van der Waals surface area (Å²) in [5, 5.41) is 2.80. The van der Waals surface area contributed by atoms with Crippen LogP contribution in [0.3, 0.4) is 0 Å². The minimum absolute atomic E-state index is 0.260. The number of carbonyl (C=O) groups is 1. The third kappa shape index (κ3) is 3.55. The molecule has 0 atom stereocenters. The second-order valence-corrected chi connectivity index (χ2v) is 6.39. The number of amides is 1. The molecule has 0 saturated heterocycles. The van der Waals surface area contributed by atoms with Crippen LogP contribution in [0.1, 0.15) is 21.6 Å². The predicted octanol–water partition coefficient (Wildman–Crippen LogP) is 3.57. The maximum absolute atomic E-state index is 12.7. The summed E-state index contributed by atoms with van der Waals surface area (Å²) in [6, 6.07) is 7.59. The highest BCUT2D eigenvalue weighted by atomic mass is 19.4. The lowest BCUT2D eigenvalue weighted by molar-refractivity contribution is -0.137. The number of alkyl halides is 3. The van der Waals surface area contributed by atoms with E-state index in [0.717, 1.165) is 18.0 Å². The van der Waals surface area contributed by atoms with E-state index in [-0.39, 0.29) is 5.91 Å². The van der Waals surface area contributed by atoms with Crippen molar-refractivity contribution in [3.63, 3.8) is 0 Å². The Balaban J connectivity index is 1.54. The number of fused-ring (bicyclic) bond motifs is 1. The number of carbonyl (C=O) groups excluding carboxylic acids is 1. The molecule has 4 rings (SSSR count). The molecule has 1 aliphatic heterocycles. The van der Waals surface area contributed by atoms with Gasteiger partial charge in [-0.25, -0.2) is 4.98 Å². The fraction of sp³-hybridized carbons (Fsp3) is 0.211. The van der Waals surface area contributed by atoms with Crippen LogP contribution in [0.25, 0.3) is 0 Å². The first-order valence-corrected chi connectivity index (χ1v) is 8.59. The van der Waals surface area contributed by atoms with Crippen LogP contribution in [-0.4, -0.2) is 27.0 Å². The zero-order valence-electron chi connectivity index (χ0n) is 14.6. The fourth-order valence-corrected chi connectivity index (χ4v) is 3.16. The first kappa shape index (κ1) is 18.0. The van der Waals surface area contributed by atoms with E-state index in [0.29, 0.717) is 36.7 Å². The van der Waals surface area contributed by atoms with E-state index in [9.17, 15) is 18.0 Å². The van der Waals surface area contributed by atoms with E-state index >= 15 is 0 Å². The van der Waals surface area contributed by atoms with Crippen molar-refractivity contribution in [2.75, 3.05) is 16.8 Å². The van der Waals surface area contributed by atoms with Crippen molar-refractivity contribution >= 4 is 17.4 Å². The molecule has 3 aromatic heterocycles. The van der Waals surface area contributed by atoms with Gasteiger partial charge >= 0.3 is 6.18 Å². The number of anilines is 2. The maximum Gasteiger partial charge on any atom is 0.417 e. The van der Waals surface area contributed by atoms with Gasteiger partial charge in [-0.15, -0.1) is 0 Å². The molecule has 1 N–H and O–H groups in total. The van der Waals surface area contributed by atoms with E-state index in [4.69, 9.17) is 0 Å². The topological polar surface area (TPSA) is 63.1 Å². The van der Waals surface area contributed by atoms with Crippen LogP contribution in [0.5, 0.6) is 0 Å². The number of hydrogen-bond acceptors (Lipinski definition) is 4. The maximum atomic E-state index is 12.7. The van der Waals surface area contributed by atoms with Gasteiger partial charge in [0.15, 0.2) is 0 Å². The predicted molar refractivity (Wildman–Crippen MR) is 96.9 cm³/mol. The van der Waals surface area contributed by atoms with Gasteiger partial charge < -0.3 is 14.8 Å². The Morgan fingerprint density at radius 1 is 1.11 bits per heavy atom. The lowest BCUT2D eigenvalue weighted by atomic mass is 10.1. The summed E-state index contributed by atoms with van der Waals surface area (Å²) < 4.78 is 40.2. The largest absolute Gasteiger partial charge is 0.417 e. The van der Waals surface area contributed by atoms with Gasteiger partial charge in [0.05, 0.1) is 35.2 Å². The van der Waals surface area contributed by atoms with Crippen molar-refractivity contribution in [3.05, 3.63) is 71.9 Å². The second-order valence-electron chi connectivity index (χ2n) is 6.39. The van der Waals surface area contributed by atoms with Gasteiger partial charge in [0.2, 0.25) is 0 Å². The standard InChI is InChI=1S/C19H16F3N5O/c20-19(21,22)13-3-4-17(24-10-13)27-9-8-26-7-5-15(16(26)12-27)18(28)25-14-2-1-6-23-11-14/h1-7,10-11H,8-9,12H2,(H,25,28). The molecule has 9 heteroatoms. The van der Waals surface area contributed by atoms with Gasteiger partial charge in [-0.05, 0) is 30.3 Å². The van der Waals surface area contributed by atoms with Gasteiger partial charge in [0, 0.05) is 31.7 Å². The number of aromatic nitrogens is 3. The van der Waals surface area contributed by atoms with Crippen molar-refractivity contribution in [3.8, 4) is 0 Å². The lowest BCUT2D eigenvalue weighted by Crippen LogP contribution is -2.35. The van der Waals surface area contributed by atoms with Crippen LogP contribution in [0.4, 0.5) is 24.7 Å². The third-order valence-corrected chi connectivity index (χ3v) is 4.59. The van der Waals surface area contributed by atoms with Crippen molar-refractivity contribution < 1.29 is 18.0 Å². The minimum Gasteiger partial charge on any atom is -0.349 e. The molecule has 0 fully saturated rings. The Morgan fingerprint density at radius 2 is 1.96 bits per heavy atom. The molecule has 0 aromatic carbocycles. The summed E-state index contributed by atoms with van der Waals surface area (Å²) in [6.07, 6.45) is 1.42. The van der Waals surface area contributed by atoms with Gasteiger partial charge in [-0.1, -0.05) is 0 Å². The Kier molecular flexibility index (Phi) is 4.50. The number of halogens is 3. The van der Waals surface area contributed by atoms with Gasteiger partial charge in [0.25, 0.3) is 5.91 Å². The Labute approximate surface area is 158 Å². The molecule has 1 aliphatic rings. The molecule has 0 aliphatic carbocycles. The Bertz CT molecular complexity index is 983. The highest BCUT2D eigenvalue weighted by Crippen LogP contribution is 2.30. The summed E-state index contributed by atoms with van der Waals surface area (Å²) in [7, 11) is 0. The van der Waals surface area contributed by atoms with E-state index < -0.39 is 11.7 Å². The molecule has 4 heterocycles. The number of hydrogen-bond donors (Lipinski definition) is 1. The van der Waals surface area contributed by atoms with Crippen LogP contribution in [-0.2, 0) is 19.3 Å². The molecule has 0 unspecified atom stereocenters. The zero-order chi connectivity index (χ0) is 19.7. The number of rotatable bonds is 3. The van der Waals surface area contributed by atoms with Crippen LogP contribution in [0.15, 0.2) is 55.1 Å². The number of pyridine rings is 2. The molecule has 0 spiro atoms. The van der Waals surface area contributed by atoms with Gasteiger partial charge in [0.1, 0.15) is 5.82 Å². The molecule has 0 bridgehead atoms. The van der Waals surface area contributed by atoms with E-state index in [1.807, 2.05) is 15.7 Å². The zero-order valence-corrected chi connectivity index (χ0v) is 14.6. The minimum atomic E-state index is -4.42. The quantitative estimate of drug-likeness (QED) is 0.746. The van der Waals surface area contributed by atoms with Crippen molar-refractivity contribution in [2.24, 2.45) is 0 Å². The smallest absolute Gasteiger partial charge is 0.349 e. The number of nitrogens with zero attached hydrogens (tertiary/aromatic N) is 4. The SMILES string of the molecule is O=C(Nc1cccnc1)c1ccn2c1CN(c1ccc(C(F)(F)F)cn1)CC2. The van der Waals surface area contributed by atoms with Crippen LogP contribution in [0.2, 0.25) is 0 Å². The molecule has 3 aromatic rings. The Hall–Kier alpha value is -3.36. The molecule has 0 radical (unpaired) electrons. The average molecular weight is 387 g/mol. The molecule has 1 amide bonds. The van der Waals surface area contributed by atoms with Crippen molar-refractivity contribution in [2.45, 2.75) is 19.3 Å². The summed E-state index contributed by atoms with van der Waals surface area (Å²) in [5.74, 6) is 0.183. The summed E-state index contributed by atoms with van der Waals surface area (Å²) in [4.78, 5) is 22.4. The summed E-state index contributed by atoms with van der Waals surface area (Å²) >= 11 is 0. The van der Waals surface area contributed by atoms with Crippen molar-refractivity contribution in [1.29, 1.82) is 0 Å². The van der Waals surface area contributed by atoms with Gasteiger partial charge in [-0.3, -0.25) is 9.78 Å². The highest BCUT2D eigenvalue weighted by Gasteiger charge is 2.31. The van der Waals surface area contributed by atoms with Crippen LogP contribution < -0.4 is 10.2 Å². The van der Waals surface area contributed by atoms with E-state index in [1.165, 1.54) is 6.07 Å². The summed E-state index contributed by atoms with van der Waals surface area (Å²) in [6.45, 7) is 1.57. The molecule has 6 nitrogen and oxygen atoms in total. The molecule has 144 valence electrons. The van der Waals surface area contributed by atoms with E-state index in [1.54, 1.807) is 30.6 Å². The summed E-state index contributed by atoms with van der Waals surface area (Å²) in [5.41, 5.74) is 1.10. The normalized spacial score (nSPS) is 13.9. The second kappa shape index (κ2) is 6.99. The monoisotopic (exact) mass is 387 g/mol. The first-order valence-electron chi connectivity index (χ1n) is 8.59. The molecule has 28 heavy (non-hydrogen) atoms. The Morgan fingerprint density at radius 3 is 2.64 bits per heavy atom.